The van der Waals surface area contributed by atoms with Crippen LogP contribution in [0.4, 0.5) is 0 Å². The van der Waals surface area contributed by atoms with Crippen LogP contribution in [0.5, 0.6) is 11.5 Å². The molecular formula is C23H30N2O5. The van der Waals surface area contributed by atoms with Gasteiger partial charge in [-0.25, -0.2) is 0 Å². The van der Waals surface area contributed by atoms with E-state index in [1.165, 1.54) is 14.2 Å². The van der Waals surface area contributed by atoms with Crippen LogP contribution in [0.3, 0.4) is 0 Å². The number of hydrogen-bond acceptors (Lipinski definition) is 5. The van der Waals surface area contributed by atoms with Gasteiger partial charge in [0.1, 0.15) is 6.04 Å². The Balaban J connectivity index is 2.09. The van der Waals surface area contributed by atoms with Crippen molar-refractivity contribution in [2.45, 2.75) is 25.8 Å². The zero-order chi connectivity index (χ0) is 21.8. The normalized spacial score (nSPS) is 11.4. The Labute approximate surface area is 177 Å². The van der Waals surface area contributed by atoms with Crippen molar-refractivity contribution in [1.29, 1.82) is 0 Å². The molecule has 0 aromatic heterocycles. The summed E-state index contributed by atoms with van der Waals surface area (Å²) in [6.07, 6.45) is 1.10. The highest BCUT2D eigenvalue weighted by molar-refractivity contribution is 5.98. The van der Waals surface area contributed by atoms with Gasteiger partial charge in [-0.2, -0.15) is 0 Å². The highest BCUT2D eigenvalue weighted by atomic mass is 16.5. The molecule has 0 saturated heterocycles. The lowest BCUT2D eigenvalue weighted by Gasteiger charge is -2.19. The summed E-state index contributed by atoms with van der Waals surface area (Å²) in [5, 5.41) is 5.73. The Morgan fingerprint density at radius 2 is 1.73 bits per heavy atom. The molecule has 7 heteroatoms. The molecule has 0 aliphatic carbocycles. The largest absolute Gasteiger partial charge is 0.493 e. The summed E-state index contributed by atoms with van der Waals surface area (Å²) in [5.74, 6) is 0.387. The van der Waals surface area contributed by atoms with E-state index in [4.69, 9.17) is 14.2 Å². The van der Waals surface area contributed by atoms with E-state index in [0.717, 1.165) is 5.56 Å². The van der Waals surface area contributed by atoms with Gasteiger partial charge in [-0.3, -0.25) is 9.59 Å². The minimum absolute atomic E-state index is 0.232. The first-order valence-electron chi connectivity index (χ1n) is 10.0. The van der Waals surface area contributed by atoms with Crippen LogP contribution in [0, 0.1) is 0 Å². The highest BCUT2D eigenvalue weighted by Crippen LogP contribution is 2.27. The number of methoxy groups -OCH3 is 2. The first kappa shape index (κ1) is 23.2. The van der Waals surface area contributed by atoms with Gasteiger partial charge in [-0.1, -0.05) is 30.3 Å². The molecule has 2 aromatic carbocycles. The SMILES string of the molecule is CCOCCCNC(=O)[C@H](Cc1ccccc1)NC(=O)c1ccc(OC)c(OC)c1. The molecule has 0 bridgehead atoms. The highest BCUT2D eigenvalue weighted by Gasteiger charge is 2.22. The van der Waals surface area contributed by atoms with Crippen molar-refractivity contribution in [2.24, 2.45) is 0 Å². The van der Waals surface area contributed by atoms with Crippen LogP contribution < -0.4 is 20.1 Å². The first-order valence-corrected chi connectivity index (χ1v) is 10.0. The third-order valence-electron chi connectivity index (χ3n) is 4.52. The van der Waals surface area contributed by atoms with Gasteiger partial charge in [0.15, 0.2) is 11.5 Å². The molecule has 0 spiro atoms. The minimum Gasteiger partial charge on any atom is -0.493 e. The van der Waals surface area contributed by atoms with Gasteiger partial charge in [-0.15, -0.1) is 0 Å². The van der Waals surface area contributed by atoms with Crippen molar-refractivity contribution in [3.63, 3.8) is 0 Å². The molecule has 0 aliphatic heterocycles. The molecule has 0 aliphatic rings. The lowest BCUT2D eigenvalue weighted by Crippen LogP contribution is -2.48. The fraction of sp³-hybridized carbons (Fsp3) is 0.391. The molecule has 0 heterocycles. The van der Waals surface area contributed by atoms with Crippen molar-refractivity contribution in [3.05, 3.63) is 59.7 Å². The first-order chi connectivity index (χ1) is 14.6. The molecule has 1 atom stereocenters. The molecule has 2 rings (SSSR count). The van der Waals surface area contributed by atoms with E-state index in [2.05, 4.69) is 10.6 Å². The number of hydrogen-bond donors (Lipinski definition) is 2. The second-order valence-electron chi connectivity index (χ2n) is 6.63. The van der Waals surface area contributed by atoms with Crippen molar-refractivity contribution in [3.8, 4) is 11.5 Å². The van der Waals surface area contributed by atoms with E-state index >= 15 is 0 Å². The maximum atomic E-state index is 12.8. The number of benzene rings is 2. The number of carbonyl (C=O) groups excluding carboxylic acids is 2. The third kappa shape index (κ3) is 7.08. The molecule has 0 saturated carbocycles. The molecule has 2 amide bonds. The second kappa shape index (κ2) is 12.5. The van der Waals surface area contributed by atoms with Gasteiger partial charge in [0.25, 0.3) is 5.91 Å². The molecule has 30 heavy (non-hydrogen) atoms. The standard InChI is InChI=1S/C23H30N2O5/c1-4-30-14-8-13-24-23(27)19(15-17-9-6-5-7-10-17)25-22(26)18-11-12-20(28-2)21(16-18)29-3/h5-7,9-12,16,19H,4,8,13-15H2,1-3H3,(H,24,27)(H,25,26)/t19-/m0/s1. The van der Waals surface area contributed by atoms with Gasteiger partial charge >= 0.3 is 0 Å². The van der Waals surface area contributed by atoms with Crippen molar-refractivity contribution in [2.75, 3.05) is 34.0 Å². The van der Waals surface area contributed by atoms with Gasteiger partial charge in [0, 0.05) is 31.7 Å². The number of nitrogens with one attached hydrogen (secondary N) is 2. The van der Waals surface area contributed by atoms with E-state index in [9.17, 15) is 9.59 Å². The molecule has 0 unspecified atom stereocenters. The maximum Gasteiger partial charge on any atom is 0.252 e. The summed E-state index contributed by atoms with van der Waals surface area (Å²) in [6, 6.07) is 13.8. The molecule has 2 N–H and O–H groups in total. The summed E-state index contributed by atoms with van der Waals surface area (Å²) < 4.78 is 15.8. The van der Waals surface area contributed by atoms with Gasteiger partial charge < -0.3 is 24.8 Å². The monoisotopic (exact) mass is 414 g/mol. The van der Waals surface area contributed by atoms with E-state index in [0.29, 0.717) is 49.7 Å². The predicted octanol–water partition coefficient (Wildman–Crippen LogP) is 2.59. The average molecular weight is 415 g/mol. The van der Waals surface area contributed by atoms with Crippen LogP contribution >= 0.6 is 0 Å². The van der Waals surface area contributed by atoms with E-state index < -0.39 is 6.04 Å². The average Bonchev–Trinajstić information content (AvgIpc) is 2.78. The number of carbonyl (C=O) groups is 2. The van der Waals surface area contributed by atoms with Crippen molar-refractivity contribution >= 4 is 11.8 Å². The van der Waals surface area contributed by atoms with Gasteiger partial charge in [0.2, 0.25) is 5.91 Å². The zero-order valence-corrected chi connectivity index (χ0v) is 17.8. The predicted molar refractivity (Wildman–Crippen MR) is 115 cm³/mol. The number of amides is 2. The minimum atomic E-state index is -0.708. The fourth-order valence-corrected chi connectivity index (χ4v) is 2.93. The molecule has 162 valence electrons. The van der Waals surface area contributed by atoms with Crippen LogP contribution in [-0.4, -0.2) is 51.8 Å². The number of rotatable bonds is 12. The van der Waals surface area contributed by atoms with Crippen LogP contribution in [0.25, 0.3) is 0 Å². The Morgan fingerprint density at radius 3 is 2.40 bits per heavy atom. The Hall–Kier alpha value is -3.06. The molecular weight excluding hydrogens is 384 g/mol. The second-order valence-corrected chi connectivity index (χ2v) is 6.63. The fourth-order valence-electron chi connectivity index (χ4n) is 2.93. The van der Waals surface area contributed by atoms with Gasteiger partial charge in [-0.05, 0) is 37.1 Å². The van der Waals surface area contributed by atoms with Crippen LogP contribution in [-0.2, 0) is 16.0 Å². The Morgan fingerprint density at radius 1 is 1.00 bits per heavy atom. The van der Waals surface area contributed by atoms with Gasteiger partial charge in [0.05, 0.1) is 14.2 Å². The quantitative estimate of drug-likeness (QED) is 0.522. The summed E-state index contributed by atoms with van der Waals surface area (Å²) in [5.41, 5.74) is 1.34. The summed E-state index contributed by atoms with van der Waals surface area (Å²) in [7, 11) is 3.04. The van der Waals surface area contributed by atoms with Crippen LogP contribution in [0.2, 0.25) is 0 Å². The van der Waals surface area contributed by atoms with Crippen LogP contribution in [0.15, 0.2) is 48.5 Å². The van der Waals surface area contributed by atoms with E-state index in [-0.39, 0.29) is 11.8 Å². The van der Waals surface area contributed by atoms with Crippen LogP contribution in [0.1, 0.15) is 29.3 Å². The van der Waals surface area contributed by atoms with E-state index in [1.54, 1.807) is 18.2 Å². The maximum absolute atomic E-state index is 12.8. The number of ether oxygens (including phenoxy) is 3. The van der Waals surface area contributed by atoms with Crippen molar-refractivity contribution in [1.82, 2.24) is 10.6 Å². The smallest absolute Gasteiger partial charge is 0.252 e. The summed E-state index contributed by atoms with van der Waals surface area (Å²) in [4.78, 5) is 25.6. The lowest BCUT2D eigenvalue weighted by molar-refractivity contribution is -0.123. The molecule has 0 fully saturated rings. The zero-order valence-electron chi connectivity index (χ0n) is 17.8. The lowest BCUT2D eigenvalue weighted by atomic mass is 10.0. The molecule has 2 aromatic rings. The van der Waals surface area contributed by atoms with Crippen molar-refractivity contribution < 1.29 is 23.8 Å². The Bertz CT molecular complexity index is 810. The summed E-state index contributed by atoms with van der Waals surface area (Å²) >= 11 is 0. The van der Waals surface area contributed by atoms with E-state index in [1.807, 2.05) is 37.3 Å². The third-order valence-corrected chi connectivity index (χ3v) is 4.52. The topological polar surface area (TPSA) is 85.9 Å². The Kier molecular flexibility index (Phi) is 9.67. The molecule has 7 nitrogen and oxygen atoms in total. The molecule has 0 radical (unpaired) electrons. The summed E-state index contributed by atoms with van der Waals surface area (Å²) in [6.45, 7) is 3.64.